The molecule has 0 aliphatic rings. The van der Waals surface area contributed by atoms with E-state index in [-0.39, 0.29) is 0 Å². The molecule has 0 aliphatic heterocycles. The highest BCUT2D eigenvalue weighted by Crippen LogP contribution is 2.19. The molecule has 0 heteroatoms. The van der Waals surface area contributed by atoms with Crippen LogP contribution in [0.5, 0.6) is 0 Å². The molecule has 0 atom stereocenters. The number of hydrogen-bond donors (Lipinski definition) is 0. The molecule has 0 amide bonds. The zero-order valence-corrected chi connectivity index (χ0v) is 8.82. The van der Waals surface area contributed by atoms with Crippen LogP contribution in [0.4, 0.5) is 0 Å². The molecule has 2 aromatic carbocycles. The van der Waals surface area contributed by atoms with Crippen LogP contribution in [0.3, 0.4) is 0 Å². The largest absolute Gasteiger partial charge is 0.0882 e. The summed E-state index contributed by atoms with van der Waals surface area (Å²) in [5.74, 6) is 0. The molecular formula is C15H15. The maximum atomic E-state index is 3.70. The number of aryl methyl sites for hydroxylation is 1. The fraction of sp³-hybridized carbons (Fsp3) is 0.133. The Hall–Kier alpha value is -1.56. The van der Waals surface area contributed by atoms with Gasteiger partial charge in [0.25, 0.3) is 0 Å². The Morgan fingerprint density at radius 2 is 1.80 bits per heavy atom. The Kier molecular flexibility index (Phi) is 3.18. The first-order valence-corrected chi connectivity index (χ1v) is 5.32. The van der Waals surface area contributed by atoms with Crippen LogP contribution in [0.2, 0.25) is 0 Å². The second-order valence-electron chi connectivity index (χ2n) is 3.65. The van der Waals surface area contributed by atoms with Gasteiger partial charge >= 0.3 is 0 Å². The molecular weight excluding hydrogens is 180 g/mol. The second-order valence-corrected chi connectivity index (χ2v) is 3.65. The molecule has 0 nitrogen and oxygen atoms in total. The van der Waals surface area contributed by atoms with Crippen molar-refractivity contribution in [3.63, 3.8) is 0 Å². The summed E-state index contributed by atoms with van der Waals surface area (Å²) in [6, 6.07) is 15.0. The maximum absolute atomic E-state index is 3.70. The zero-order valence-electron chi connectivity index (χ0n) is 8.82. The smallest absolute Gasteiger partial charge is 0.0152 e. The molecule has 2 rings (SSSR count). The summed E-state index contributed by atoms with van der Waals surface area (Å²) in [6.07, 6.45) is 6.14. The van der Waals surface area contributed by atoms with Crippen LogP contribution in [0.1, 0.15) is 12.0 Å². The van der Waals surface area contributed by atoms with E-state index in [1.165, 1.54) is 16.3 Å². The van der Waals surface area contributed by atoms with Gasteiger partial charge in [-0.2, -0.15) is 0 Å². The monoisotopic (exact) mass is 195 g/mol. The number of rotatable bonds is 3. The lowest BCUT2D eigenvalue weighted by Gasteiger charge is -2.04. The number of hydrogen-bond acceptors (Lipinski definition) is 0. The van der Waals surface area contributed by atoms with Gasteiger partial charge in [-0.15, -0.1) is 0 Å². The van der Waals surface area contributed by atoms with Gasteiger partial charge in [0.1, 0.15) is 0 Å². The summed E-state index contributed by atoms with van der Waals surface area (Å²) >= 11 is 0. The Labute approximate surface area is 91.2 Å². The molecule has 1 radical (unpaired) electrons. The lowest BCUT2D eigenvalue weighted by atomic mass is 10.0. The van der Waals surface area contributed by atoms with E-state index in [0.29, 0.717) is 0 Å². The molecule has 0 spiro atoms. The molecule has 0 bridgehead atoms. The van der Waals surface area contributed by atoms with Crippen molar-refractivity contribution in [1.29, 1.82) is 0 Å². The van der Waals surface area contributed by atoms with Gasteiger partial charge in [0.15, 0.2) is 0 Å². The van der Waals surface area contributed by atoms with E-state index in [9.17, 15) is 0 Å². The Bertz CT molecular complexity index is 461. The molecule has 0 aliphatic carbocycles. The first kappa shape index (κ1) is 9.97. The quantitative estimate of drug-likeness (QED) is 0.689. The lowest BCUT2D eigenvalue weighted by Crippen LogP contribution is -1.85. The van der Waals surface area contributed by atoms with Gasteiger partial charge in [0.2, 0.25) is 0 Å². The summed E-state index contributed by atoms with van der Waals surface area (Å²) in [5.41, 5.74) is 1.42. The van der Waals surface area contributed by atoms with E-state index in [2.05, 4.69) is 55.5 Å². The van der Waals surface area contributed by atoms with Gasteiger partial charge in [-0.25, -0.2) is 0 Å². The van der Waals surface area contributed by atoms with Crippen molar-refractivity contribution in [3.05, 3.63) is 67.1 Å². The first-order valence-electron chi connectivity index (χ1n) is 5.32. The van der Waals surface area contributed by atoms with E-state index in [1.54, 1.807) is 0 Å². The van der Waals surface area contributed by atoms with Gasteiger partial charge in [-0.05, 0) is 36.1 Å². The predicted octanol–water partition coefficient (Wildman–Crippen LogP) is 4.16. The van der Waals surface area contributed by atoms with E-state index >= 15 is 0 Å². The molecule has 0 heterocycles. The summed E-state index contributed by atoms with van der Waals surface area (Å²) in [7, 11) is 0. The van der Waals surface area contributed by atoms with Crippen molar-refractivity contribution < 1.29 is 0 Å². The highest BCUT2D eigenvalue weighted by molar-refractivity contribution is 5.85. The van der Waals surface area contributed by atoms with Crippen molar-refractivity contribution in [1.82, 2.24) is 0 Å². The van der Waals surface area contributed by atoms with Crippen LogP contribution >= 0.6 is 0 Å². The normalized spacial score (nSPS) is 11.3. The third-order valence-corrected chi connectivity index (χ3v) is 2.63. The summed E-state index contributed by atoms with van der Waals surface area (Å²) in [5, 5.41) is 2.70. The van der Waals surface area contributed by atoms with Crippen molar-refractivity contribution in [2.45, 2.75) is 12.8 Å². The van der Waals surface area contributed by atoms with Crippen molar-refractivity contribution in [3.8, 4) is 0 Å². The van der Waals surface area contributed by atoms with Crippen LogP contribution in [-0.4, -0.2) is 0 Å². The third-order valence-electron chi connectivity index (χ3n) is 2.63. The van der Waals surface area contributed by atoms with E-state index in [4.69, 9.17) is 0 Å². The zero-order chi connectivity index (χ0) is 10.5. The topological polar surface area (TPSA) is 0 Å². The predicted molar refractivity (Wildman–Crippen MR) is 66.8 cm³/mol. The molecule has 0 N–H and O–H groups in total. The molecule has 0 saturated heterocycles. The third kappa shape index (κ3) is 2.27. The molecule has 75 valence electrons. The Morgan fingerprint density at radius 1 is 1.00 bits per heavy atom. The van der Waals surface area contributed by atoms with Crippen LogP contribution < -0.4 is 0 Å². The van der Waals surface area contributed by atoms with Crippen molar-refractivity contribution in [2.24, 2.45) is 0 Å². The van der Waals surface area contributed by atoms with Gasteiger partial charge in [-0.1, -0.05) is 54.6 Å². The van der Waals surface area contributed by atoms with Gasteiger partial charge < -0.3 is 0 Å². The number of allylic oxidation sites excluding steroid dienone is 2. The minimum atomic E-state index is 1.07. The van der Waals surface area contributed by atoms with E-state index in [0.717, 1.165) is 12.8 Å². The first-order chi connectivity index (χ1) is 7.42. The maximum Gasteiger partial charge on any atom is -0.0152 e. The molecule has 0 saturated carbocycles. The highest BCUT2D eigenvalue weighted by atomic mass is 14.0. The SMILES string of the molecule is [CH2]/C=C/CCc1cccc2ccccc12. The molecule has 2 aromatic rings. The van der Waals surface area contributed by atoms with Crippen LogP contribution in [0, 0.1) is 6.92 Å². The lowest BCUT2D eigenvalue weighted by molar-refractivity contribution is 1.01. The highest BCUT2D eigenvalue weighted by Gasteiger charge is 1.98. The second kappa shape index (κ2) is 4.79. The molecule has 0 aromatic heterocycles. The molecule has 15 heavy (non-hydrogen) atoms. The summed E-state index contributed by atoms with van der Waals surface area (Å²) in [6.45, 7) is 3.70. The van der Waals surface area contributed by atoms with Crippen molar-refractivity contribution in [2.75, 3.05) is 0 Å². The van der Waals surface area contributed by atoms with Gasteiger partial charge in [0, 0.05) is 0 Å². The van der Waals surface area contributed by atoms with Crippen LogP contribution in [-0.2, 0) is 6.42 Å². The minimum Gasteiger partial charge on any atom is -0.0882 e. The summed E-state index contributed by atoms with van der Waals surface area (Å²) in [4.78, 5) is 0. The standard InChI is InChI=1S/C15H15/c1-2-3-4-8-13-10-7-11-14-9-5-6-12-15(13)14/h2-3,5-7,9-12H,1,4,8H2/b3-2+. The number of benzene rings is 2. The number of fused-ring (bicyclic) bond motifs is 1. The average Bonchev–Trinajstić information content (AvgIpc) is 2.30. The van der Waals surface area contributed by atoms with E-state index in [1.807, 2.05) is 6.08 Å². The Morgan fingerprint density at radius 3 is 2.67 bits per heavy atom. The Balaban J connectivity index is 2.34. The minimum absolute atomic E-state index is 1.07. The fourth-order valence-corrected chi connectivity index (χ4v) is 1.87. The van der Waals surface area contributed by atoms with Gasteiger partial charge in [-0.3, -0.25) is 0 Å². The van der Waals surface area contributed by atoms with Crippen LogP contribution in [0.15, 0.2) is 54.6 Å². The summed E-state index contributed by atoms with van der Waals surface area (Å²) < 4.78 is 0. The van der Waals surface area contributed by atoms with Gasteiger partial charge in [0.05, 0.1) is 0 Å². The molecule has 0 fully saturated rings. The van der Waals surface area contributed by atoms with Crippen LogP contribution in [0.25, 0.3) is 10.8 Å². The van der Waals surface area contributed by atoms with Crippen molar-refractivity contribution >= 4 is 10.8 Å². The molecule has 0 unspecified atom stereocenters. The van der Waals surface area contributed by atoms with E-state index < -0.39 is 0 Å². The fourth-order valence-electron chi connectivity index (χ4n) is 1.87. The average molecular weight is 195 g/mol.